The van der Waals surface area contributed by atoms with Crippen molar-refractivity contribution in [3.8, 4) is 17.6 Å². The van der Waals surface area contributed by atoms with Gasteiger partial charge in [0.05, 0.1) is 25.2 Å². The standard InChI is InChI=1S/C24H32N2O3/c1-4-6-8-16-28-21-14-15-22(23(26-3)20(21)17-25)29-24(27)19-12-10-18(11-13-19)9-7-5-2/h14-15,18-19H,4-13,16H2,1-2H3. The van der Waals surface area contributed by atoms with Crippen LogP contribution in [0.4, 0.5) is 5.69 Å². The molecule has 1 aromatic carbocycles. The fraction of sp³-hybridized carbons (Fsp3) is 0.625. The highest BCUT2D eigenvalue weighted by Crippen LogP contribution is 2.39. The number of nitriles is 1. The number of unbranched alkanes of at least 4 members (excludes halogenated alkanes) is 3. The molecule has 0 aliphatic heterocycles. The van der Waals surface area contributed by atoms with E-state index in [0.717, 1.165) is 44.9 Å². The van der Waals surface area contributed by atoms with Crippen LogP contribution in [-0.4, -0.2) is 12.6 Å². The maximum absolute atomic E-state index is 12.6. The lowest BCUT2D eigenvalue weighted by Gasteiger charge is -2.27. The summed E-state index contributed by atoms with van der Waals surface area (Å²) in [6, 6.07) is 5.25. The number of carbonyl (C=O) groups is 1. The van der Waals surface area contributed by atoms with E-state index in [1.54, 1.807) is 12.1 Å². The average molecular weight is 397 g/mol. The molecule has 0 radical (unpaired) electrons. The summed E-state index contributed by atoms with van der Waals surface area (Å²) in [5, 5.41) is 9.53. The molecule has 0 atom stereocenters. The van der Waals surface area contributed by atoms with Gasteiger partial charge in [0.2, 0.25) is 5.69 Å². The van der Waals surface area contributed by atoms with E-state index in [4.69, 9.17) is 16.0 Å². The van der Waals surface area contributed by atoms with Crippen LogP contribution >= 0.6 is 0 Å². The SMILES string of the molecule is [C-]#[N+]c1c(OC(=O)C2CCC(CCCC)CC2)ccc(OCCCCC)c1C#N. The second kappa shape index (κ2) is 12.1. The van der Waals surface area contributed by atoms with Crippen molar-refractivity contribution in [3.05, 3.63) is 29.1 Å². The molecule has 0 aromatic heterocycles. The molecule has 0 bridgehead atoms. The fourth-order valence-corrected chi connectivity index (χ4v) is 3.88. The van der Waals surface area contributed by atoms with Gasteiger partial charge < -0.3 is 9.47 Å². The second-order valence-corrected chi connectivity index (χ2v) is 7.85. The minimum atomic E-state index is -0.288. The van der Waals surface area contributed by atoms with Crippen LogP contribution in [0.15, 0.2) is 12.1 Å². The Balaban J connectivity index is 2.02. The first kappa shape index (κ1) is 22.8. The van der Waals surface area contributed by atoms with Gasteiger partial charge in [-0.05, 0) is 50.2 Å². The molecule has 1 aromatic rings. The molecule has 0 N–H and O–H groups in total. The van der Waals surface area contributed by atoms with Crippen molar-refractivity contribution in [2.75, 3.05) is 6.61 Å². The molecule has 1 aliphatic carbocycles. The third kappa shape index (κ3) is 6.50. The number of hydrogen-bond donors (Lipinski definition) is 0. The van der Waals surface area contributed by atoms with Gasteiger partial charge in [-0.25, -0.2) is 4.85 Å². The van der Waals surface area contributed by atoms with E-state index in [0.29, 0.717) is 18.3 Å². The fourth-order valence-electron chi connectivity index (χ4n) is 3.88. The summed E-state index contributed by atoms with van der Waals surface area (Å²) in [4.78, 5) is 16.1. The first-order valence-electron chi connectivity index (χ1n) is 10.9. The highest BCUT2D eigenvalue weighted by Gasteiger charge is 2.28. The van der Waals surface area contributed by atoms with Gasteiger partial charge in [0, 0.05) is 0 Å². The smallest absolute Gasteiger partial charge is 0.313 e. The first-order chi connectivity index (χ1) is 14.1. The van der Waals surface area contributed by atoms with Gasteiger partial charge in [0.15, 0.2) is 0 Å². The number of ether oxygens (including phenoxy) is 2. The molecule has 0 amide bonds. The molecule has 0 saturated heterocycles. The summed E-state index contributed by atoms with van der Waals surface area (Å²) < 4.78 is 11.3. The molecule has 0 spiro atoms. The molecular formula is C24H32N2O3. The molecule has 1 aliphatic rings. The summed E-state index contributed by atoms with van der Waals surface area (Å²) >= 11 is 0. The van der Waals surface area contributed by atoms with Gasteiger partial charge in [-0.1, -0.05) is 46.0 Å². The largest absolute Gasteiger partial charge is 0.494 e. The predicted octanol–water partition coefficient (Wildman–Crippen LogP) is 6.58. The van der Waals surface area contributed by atoms with Crippen molar-refractivity contribution in [1.82, 2.24) is 0 Å². The minimum absolute atomic E-state index is 0.0606. The van der Waals surface area contributed by atoms with Crippen molar-refractivity contribution in [2.45, 2.75) is 78.1 Å². The van der Waals surface area contributed by atoms with E-state index in [1.807, 2.05) is 6.07 Å². The molecule has 5 heteroatoms. The monoisotopic (exact) mass is 396 g/mol. The predicted molar refractivity (Wildman–Crippen MR) is 113 cm³/mol. The van der Waals surface area contributed by atoms with Crippen LogP contribution in [0.1, 0.15) is 83.6 Å². The van der Waals surface area contributed by atoms with E-state index in [-0.39, 0.29) is 28.9 Å². The quantitative estimate of drug-likeness (QED) is 0.194. The van der Waals surface area contributed by atoms with E-state index in [1.165, 1.54) is 19.3 Å². The molecule has 5 nitrogen and oxygen atoms in total. The molecule has 2 rings (SSSR count). The summed E-state index contributed by atoms with van der Waals surface area (Å²) in [5.41, 5.74) is 0.204. The number of benzene rings is 1. The third-order valence-corrected chi connectivity index (χ3v) is 5.69. The molecular weight excluding hydrogens is 364 g/mol. The average Bonchev–Trinajstić information content (AvgIpc) is 2.75. The maximum atomic E-state index is 12.6. The Morgan fingerprint density at radius 1 is 1.14 bits per heavy atom. The first-order valence-corrected chi connectivity index (χ1v) is 10.9. The lowest BCUT2D eigenvalue weighted by molar-refractivity contribution is -0.140. The van der Waals surface area contributed by atoms with E-state index < -0.39 is 0 Å². The Morgan fingerprint density at radius 2 is 1.83 bits per heavy atom. The Bertz CT molecular complexity index is 753. The Kier molecular flexibility index (Phi) is 9.51. The topological polar surface area (TPSA) is 63.7 Å². The molecule has 29 heavy (non-hydrogen) atoms. The van der Waals surface area contributed by atoms with Crippen LogP contribution in [0.2, 0.25) is 0 Å². The van der Waals surface area contributed by atoms with Gasteiger partial charge in [0.25, 0.3) is 0 Å². The van der Waals surface area contributed by atoms with Crippen molar-refractivity contribution < 1.29 is 14.3 Å². The Labute approximate surface area is 174 Å². The van der Waals surface area contributed by atoms with Gasteiger partial charge in [-0.3, -0.25) is 4.79 Å². The number of esters is 1. The Morgan fingerprint density at radius 3 is 2.45 bits per heavy atom. The highest BCUT2D eigenvalue weighted by molar-refractivity contribution is 5.80. The van der Waals surface area contributed by atoms with Crippen LogP contribution in [0, 0.1) is 29.7 Å². The van der Waals surface area contributed by atoms with Crippen molar-refractivity contribution in [2.24, 2.45) is 11.8 Å². The number of hydrogen-bond acceptors (Lipinski definition) is 4. The Hall–Kier alpha value is -2.53. The van der Waals surface area contributed by atoms with Gasteiger partial charge in [-0.2, -0.15) is 5.26 Å². The van der Waals surface area contributed by atoms with E-state index in [2.05, 4.69) is 18.7 Å². The maximum Gasteiger partial charge on any atom is 0.313 e. The van der Waals surface area contributed by atoms with Gasteiger partial charge in [-0.15, -0.1) is 0 Å². The zero-order chi connectivity index (χ0) is 21.1. The number of carbonyl (C=O) groups excluding carboxylic acids is 1. The van der Waals surface area contributed by atoms with Crippen molar-refractivity contribution >= 4 is 11.7 Å². The van der Waals surface area contributed by atoms with Crippen LogP contribution < -0.4 is 9.47 Å². The van der Waals surface area contributed by atoms with Crippen molar-refractivity contribution in [3.63, 3.8) is 0 Å². The summed E-state index contributed by atoms with van der Waals surface area (Å²) in [6.07, 6.45) is 10.5. The minimum Gasteiger partial charge on any atom is -0.494 e. The summed E-state index contributed by atoms with van der Waals surface area (Å²) in [6.45, 7) is 12.3. The lowest BCUT2D eigenvalue weighted by Crippen LogP contribution is -2.25. The van der Waals surface area contributed by atoms with Crippen LogP contribution in [-0.2, 0) is 4.79 Å². The molecule has 1 saturated carbocycles. The lowest BCUT2D eigenvalue weighted by atomic mass is 9.80. The van der Waals surface area contributed by atoms with Gasteiger partial charge in [0.1, 0.15) is 17.1 Å². The molecule has 0 heterocycles. The molecule has 1 fully saturated rings. The van der Waals surface area contributed by atoms with E-state index >= 15 is 0 Å². The zero-order valence-corrected chi connectivity index (χ0v) is 17.7. The summed E-state index contributed by atoms with van der Waals surface area (Å²) in [7, 11) is 0. The van der Waals surface area contributed by atoms with Crippen LogP contribution in [0.25, 0.3) is 4.85 Å². The number of nitrogens with zero attached hydrogens (tertiary/aromatic N) is 2. The number of rotatable bonds is 10. The second-order valence-electron chi connectivity index (χ2n) is 7.85. The molecule has 0 unspecified atom stereocenters. The zero-order valence-electron chi connectivity index (χ0n) is 17.7. The van der Waals surface area contributed by atoms with Crippen molar-refractivity contribution in [1.29, 1.82) is 5.26 Å². The van der Waals surface area contributed by atoms with E-state index in [9.17, 15) is 10.1 Å². The summed E-state index contributed by atoms with van der Waals surface area (Å²) in [5.74, 6) is 0.847. The highest BCUT2D eigenvalue weighted by atomic mass is 16.5. The van der Waals surface area contributed by atoms with Crippen LogP contribution in [0.5, 0.6) is 11.5 Å². The van der Waals surface area contributed by atoms with Gasteiger partial charge >= 0.3 is 5.97 Å². The van der Waals surface area contributed by atoms with Crippen LogP contribution in [0.3, 0.4) is 0 Å². The molecule has 156 valence electrons. The third-order valence-electron chi connectivity index (χ3n) is 5.69. The normalized spacial score (nSPS) is 18.5.